The van der Waals surface area contributed by atoms with Crippen LogP contribution >= 0.6 is 0 Å². The number of pyridine rings is 1. The maximum atomic E-state index is 13.8. The van der Waals surface area contributed by atoms with E-state index in [1.807, 2.05) is 30.8 Å². The number of fused-ring (bicyclic) bond motifs is 1. The van der Waals surface area contributed by atoms with Gasteiger partial charge in [0.15, 0.2) is 11.6 Å². The van der Waals surface area contributed by atoms with Crippen LogP contribution in [-0.4, -0.2) is 21.8 Å². The van der Waals surface area contributed by atoms with Gasteiger partial charge in [0.05, 0.1) is 11.7 Å². The number of halogens is 1. The van der Waals surface area contributed by atoms with Gasteiger partial charge in [-0.1, -0.05) is 6.58 Å². The van der Waals surface area contributed by atoms with E-state index >= 15 is 0 Å². The highest BCUT2D eigenvalue weighted by Gasteiger charge is 2.13. The van der Waals surface area contributed by atoms with Gasteiger partial charge in [0.1, 0.15) is 5.82 Å². The van der Waals surface area contributed by atoms with Gasteiger partial charge < -0.3 is 16.4 Å². The topological polar surface area (TPSA) is 80.8 Å². The molecular weight excluding hydrogens is 307 g/mol. The van der Waals surface area contributed by atoms with E-state index in [4.69, 9.17) is 5.73 Å². The lowest BCUT2D eigenvalue weighted by Crippen LogP contribution is -2.09. The number of benzene rings is 1. The molecule has 7 heteroatoms. The Kier molecular flexibility index (Phi) is 3.84. The van der Waals surface area contributed by atoms with Gasteiger partial charge in [0.25, 0.3) is 0 Å². The zero-order valence-electron chi connectivity index (χ0n) is 13.8. The van der Waals surface area contributed by atoms with Crippen molar-refractivity contribution in [1.82, 2.24) is 20.1 Å². The molecule has 0 fully saturated rings. The summed E-state index contributed by atoms with van der Waals surface area (Å²) in [6.45, 7) is 5.88. The molecule has 0 unspecified atom stereocenters. The third kappa shape index (κ3) is 2.64. The van der Waals surface area contributed by atoms with Crippen LogP contribution in [-0.2, 0) is 7.05 Å². The molecule has 0 radical (unpaired) electrons. The van der Waals surface area contributed by atoms with Gasteiger partial charge in [-0.25, -0.2) is 9.37 Å². The highest BCUT2D eigenvalue weighted by Crippen LogP contribution is 2.29. The van der Waals surface area contributed by atoms with Crippen molar-refractivity contribution in [1.29, 1.82) is 0 Å². The quantitative estimate of drug-likeness (QED) is 0.687. The molecule has 6 nitrogen and oxygen atoms in total. The van der Waals surface area contributed by atoms with Crippen molar-refractivity contribution in [3.8, 4) is 0 Å². The largest absolute Gasteiger partial charge is 0.388 e. The van der Waals surface area contributed by atoms with Gasteiger partial charge in [-0.15, -0.1) is 0 Å². The number of rotatable bonds is 4. The van der Waals surface area contributed by atoms with E-state index in [0.717, 1.165) is 22.2 Å². The summed E-state index contributed by atoms with van der Waals surface area (Å²) < 4.78 is 15.6. The summed E-state index contributed by atoms with van der Waals surface area (Å²) in [5, 5.41) is 11.4. The second-order valence-electron chi connectivity index (χ2n) is 5.60. The molecule has 0 saturated carbocycles. The number of nitrogens with zero attached hydrogens (tertiary/aromatic N) is 3. The van der Waals surface area contributed by atoms with Crippen molar-refractivity contribution in [2.24, 2.45) is 7.05 Å². The molecule has 124 valence electrons. The van der Waals surface area contributed by atoms with E-state index in [0.29, 0.717) is 17.1 Å². The van der Waals surface area contributed by atoms with Crippen molar-refractivity contribution in [3.63, 3.8) is 0 Å². The molecule has 0 aliphatic heterocycles. The number of hydrogen-bond acceptors (Lipinski definition) is 5. The van der Waals surface area contributed by atoms with Crippen LogP contribution in [0.15, 0.2) is 31.0 Å². The Bertz CT molecular complexity index is 944. The number of nitrogens with two attached hydrogens (primary N) is 1. The number of anilines is 3. The lowest BCUT2D eigenvalue weighted by atomic mass is 10.1. The first-order valence-corrected chi connectivity index (χ1v) is 7.43. The Labute approximate surface area is 139 Å². The van der Waals surface area contributed by atoms with Gasteiger partial charge >= 0.3 is 0 Å². The maximum Gasteiger partial charge on any atom is 0.166 e. The van der Waals surface area contributed by atoms with Crippen molar-refractivity contribution >= 4 is 33.9 Å². The SMILES string of the molecule is C=C(NC)c1cc(F)c(N)nc1Nc1cc(C)c2c(cnn2C)c1. The average molecular weight is 326 g/mol. The fourth-order valence-electron chi connectivity index (χ4n) is 2.73. The van der Waals surface area contributed by atoms with Crippen molar-refractivity contribution in [2.75, 3.05) is 18.1 Å². The molecule has 1 aromatic carbocycles. The minimum Gasteiger partial charge on any atom is -0.388 e. The fraction of sp³-hybridized carbons (Fsp3) is 0.176. The van der Waals surface area contributed by atoms with Gasteiger partial charge in [0.2, 0.25) is 0 Å². The van der Waals surface area contributed by atoms with E-state index in [9.17, 15) is 4.39 Å². The Balaban J connectivity index is 2.08. The van der Waals surface area contributed by atoms with Crippen LogP contribution in [0.25, 0.3) is 16.6 Å². The van der Waals surface area contributed by atoms with E-state index in [1.165, 1.54) is 6.07 Å². The van der Waals surface area contributed by atoms with Crippen LogP contribution in [0.3, 0.4) is 0 Å². The second-order valence-corrected chi connectivity index (χ2v) is 5.60. The molecule has 0 aliphatic rings. The van der Waals surface area contributed by atoms with Crippen molar-refractivity contribution in [2.45, 2.75) is 6.92 Å². The molecule has 0 amide bonds. The molecule has 24 heavy (non-hydrogen) atoms. The van der Waals surface area contributed by atoms with Gasteiger partial charge in [-0.05, 0) is 30.7 Å². The highest BCUT2D eigenvalue weighted by atomic mass is 19.1. The molecule has 3 rings (SSSR count). The van der Waals surface area contributed by atoms with Crippen LogP contribution in [0.1, 0.15) is 11.1 Å². The van der Waals surface area contributed by atoms with Gasteiger partial charge in [-0.2, -0.15) is 5.10 Å². The first-order valence-electron chi connectivity index (χ1n) is 7.43. The third-order valence-corrected chi connectivity index (χ3v) is 3.92. The Morgan fingerprint density at radius 2 is 2.08 bits per heavy atom. The minimum atomic E-state index is -0.578. The van der Waals surface area contributed by atoms with E-state index in [1.54, 1.807) is 13.2 Å². The van der Waals surface area contributed by atoms with Crippen molar-refractivity contribution in [3.05, 3.63) is 47.9 Å². The lowest BCUT2D eigenvalue weighted by Gasteiger charge is -2.15. The Morgan fingerprint density at radius 3 is 2.79 bits per heavy atom. The van der Waals surface area contributed by atoms with Gasteiger partial charge in [0, 0.05) is 36.4 Å². The van der Waals surface area contributed by atoms with Crippen molar-refractivity contribution < 1.29 is 4.39 Å². The molecule has 0 spiro atoms. The normalized spacial score (nSPS) is 10.8. The molecular formula is C17H19FN6. The molecule has 0 aliphatic carbocycles. The Hall–Kier alpha value is -3.09. The fourth-order valence-corrected chi connectivity index (χ4v) is 2.73. The highest BCUT2D eigenvalue weighted by molar-refractivity contribution is 5.87. The summed E-state index contributed by atoms with van der Waals surface area (Å²) in [5.41, 5.74) is 9.63. The Morgan fingerprint density at radius 1 is 1.33 bits per heavy atom. The van der Waals surface area contributed by atoms with Crippen LogP contribution in [0.5, 0.6) is 0 Å². The zero-order valence-corrected chi connectivity index (χ0v) is 13.8. The number of aromatic nitrogens is 3. The number of aryl methyl sites for hydroxylation is 2. The van der Waals surface area contributed by atoms with E-state index < -0.39 is 5.82 Å². The van der Waals surface area contributed by atoms with Gasteiger partial charge in [-0.3, -0.25) is 4.68 Å². The summed E-state index contributed by atoms with van der Waals surface area (Å²) in [7, 11) is 3.62. The average Bonchev–Trinajstić information content (AvgIpc) is 2.91. The predicted molar refractivity (Wildman–Crippen MR) is 95.4 cm³/mol. The smallest absolute Gasteiger partial charge is 0.166 e. The molecule has 2 heterocycles. The van der Waals surface area contributed by atoms with E-state index in [2.05, 4.69) is 27.3 Å². The minimum absolute atomic E-state index is 0.163. The molecule has 0 atom stereocenters. The van der Waals surface area contributed by atoms with Crippen LogP contribution in [0.2, 0.25) is 0 Å². The van der Waals surface area contributed by atoms with E-state index in [-0.39, 0.29) is 5.82 Å². The lowest BCUT2D eigenvalue weighted by molar-refractivity contribution is 0.627. The standard InChI is InChI=1S/C17H19FN6/c1-9-5-12(6-11-8-21-24(4)15(9)11)22-17-13(10(2)20-3)7-14(18)16(19)23-17/h5-8,20H,2H2,1,3-4H3,(H3,19,22,23). The first-order chi connectivity index (χ1) is 11.4. The summed E-state index contributed by atoms with van der Waals surface area (Å²) in [5.74, 6) is -0.300. The molecule has 0 bridgehead atoms. The number of hydrogen-bond donors (Lipinski definition) is 3. The second kappa shape index (κ2) is 5.84. The predicted octanol–water partition coefficient (Wildman–Crippen LogP) is 2.93. The van der Waals surface area contributed by atoms with Crippen LogP contribution in [0, 0.1) is 12.7 Å². The summed E-state index contributed by atoms with van der Waals surface area (Å²) in [6, 6.07) is 5.26. The van der Waals surface area contributed by atoms with Crippen LogP contribution < -0.4 is 16.4 Å². The zero-order chi connectivity index (χ0) is 17.4. The maximum absolute atomic E-state index is 13.8. The molecule has 4 N–H and O–H groups in total. The molecule has 2 aromatic heterocycles. The molecule has 0 saturated heterocycles. The summed E-state index contributed by atoms with van der Waals surface area (Å²) in [4.78, 5) is 4.12. The third-order valence-electron chi connectivity index (χ3n) is 3.92. The summed E-state index contributed by atoms with van der Waals surface area (Å²) >= 11 is 0. The monoisotopic (exact) mass is 326 g/mol. The summed E-state index contributed by atoms with van der Waals surface area (Å²) in [6.07, 6.45) is 1.80. The number of nitrogen functional groups attached to an aromatic ring is 1. The molecule has 3 aromatic rings. The number of nitrogens with one attached hydrogen (secondary N) is 2. The first kappa shape index (κ1) is 15.8. The van der Waals surface area contributed by atoms with Crippen LogP contribution in [0.4, 0.5) is 21.7 Å².